The highest BCUT2D eigenvalue weighted by atomic mass is 35.5. The van der Waals surface area contributed by atoms with E-state index in [0.29, 0.717) is 23.9 Å². The highest BCUT2D eigenvalue weighted by Crippen LogP contribution is 2.43. The number of allylic oxidation sites excluding steroid dienone is 1. The summed E-state index contributed by atoms with van der Waals surface area (Å²) in [6.45, 7) is 2.62. The van der Waals surface area contributed by atoms with Crippen molar-refractivity contribution < 1.29 is 49.0 Å². The molecule has 0 bridgehead atoms. The summed E-state index contributed by atoms with van der Waals surface area (Å²) in [5.74, 6) is -5.93. The minimum atomic E-state index is -5.09. The average molecular weight is 676 g/mol. The summed E-state index contributed by atoms with van der Waals surface area (Å²) >= 11 is 18.1. The first-order valence-corrected chi connectivity index (χ1v) is 14.0. The van der Waals surface area contributed by atoms with Gasteiger partial charge in [-0.1, -0.05) is 53.9 Å². The normalized spacial score (nSPS) is 14.6. The Labute approximate surface area is 249 Å². The number of carbonyl (C=O) groups excluding carboxylic acids is 1. The third-order valence-electron chi connectivity index (χ3n) is 5.45. The van der Waals surface area contributed by atoms with Crippen LogP contribution in [0.4, 0.5) is 39.5 Å². The van der Waals surface area contributed by atoms with Crippen LogP contribution in [-0.2, 0) is 10.9 Å². The van der Waals surface area contributed by atoms with Gasteiger partial charge in [0.05, 0.1) is 33.0 Å². The lowest BCUT2D eigenvalue weighted by atomic mass is 9.93. The number of Topliss-reactive ketones (excluding diaryl/α,β-unsaturated/α-hetero) is 1. The molecule has 0 N–H and O–H groups in total. The average Bonchev–Trinajstić information content (AvgIpc) is 2.82. The van der Waals surface area contributed by atoms with E-state index in [1.165, 1.54) is 13.8 Å². The third-order valence-corrected chi connectivity index (χ3v) is 7.98. The minimum Gasteiger partial charge on any atom is -0.494 e. The van der Waals surface area contributed by atoms with E-state index >= 15 is 0 Å². The Morgan fingerprint density at radius 2 is 1.56 bits per heavy atom. The molecule has 0 spiro atoms. The molecule has 0 heterocycles. The smallest absolute Gasteiger partial charge is 0.417 e. The first-order chi connectivity index (χ1) is 18.7. The van der Waals surface area contributed by atoms with E-state index < -0.39 is 76.3 Å². The Bertz CT molecular complexity index is 1240. The Morgan fingerprint density at radius 3 is 2.05 bits per heavy atom. The Balaban J connectivity index is 2.52. The Kier molecular flexibility index (Phi) is 12.2. The molecule has 0 aliphatic rings. The van der Waals surface area contributed by atoms with Gasteiger partial charge in [-0.2, -0.15) is 51.3 Å². The van der Waals surface area contributed by atoms with Crippen LogP contribution in [0.15, 0.2) is 36.4 Å². The van der Waals surface area contributed by atoms with Crippen molar-refractivity contribution in [1.29, 1.82) is 0 Å². The fourth-order valence-corrected chi connectivity index (χ4v) is 5.19. The summed E-state index contributed by atoms with van der Waals surface area (Å²) in [6, 6.07) is 4.15. The summed E-state index contributed by atoms with van der Waals surface area (Å²) in [6.07, 6.45) is -14.4. The molecule has 0 fully saturated rings. The number of ketones is 1. The molecule has 2 atom stereocenters. The molecule has 0 aliphatic carbocycles. The molecule has 0 saturated heterocycles. The minimum absolute atomic E-state index is 0.126. The first-order valence-electron chi connectivity index (χ1n) is 11.7. The van der Waals surface area contributed by atoms with Crippen LogP contribution in [0.25, 0.3) is 5.76 Å². The Hall–Kier alpha value is -1.76. The molecule has 2 rings (SSSR count). The van der Waals surface area contributed by atoms with Gasteiger partial charge in [0.25, 0.3) is 0 Å². The molecule has 0 aromatic heterocycles. The fourth-order valence-electron chi connectivity index (χ4n) is 3.71. The first kappa shape index (κ1) is 35.4. The van der Waals surface area contributed by atoms with Crippen molar-refractivity contribution in [3.63, 3.8) is 0 Å². The quantitative estimate of drug-likeness (QED) is 0.103. The van der Waals surface area contributed by atoms with Gasteiger partial charge in [-0.15, -0.1) is 0 Å². The molecule has 15 heteroatoms. The maximum atomic E-state index is 14.1. The van der Waals surface area contributed by atoms with Gasteiger partial charge in [0.2, 0.25) is 0 Å². The second kappa shape index (κ2) is 14.1. The molecule has 41 heavy (non-hydrogen) atoms. The van der Waals surface area contributed by atoms with E-state index in [2.05, 4.69) is 0 Å². The molecule has 2 nitrogen and oxygen atoms in total. The second-order valence-corrected chi connectivity index (χ2v) is 11.1. The Morgan fingerprint density at radius 1 is 0.976 bits per heavy atom. The van der Waals surface area contributed by atoms with Crippen LogP contribution in [0.1, 0.15) is 53.2 Å². The molecule has 2 aromatic rings. The van der Waals surface area contributed by atoms with Crippen LogP contribution in [0.2, 0.25) is 15.1 Å². The van der Waals surface area contributed by atoms with Crippen molar-refractivity contribution in [1.82, 2.24) is 0 Å². The molecule has 0 radical (unpaired) electrons. The molecule has 1 unspecified atom stereocenters. The van der Waals surface area contributed by atoms with Crippen molar-refractivity contribution >= 4 is 58.1 Å². The zero-order valence-corrected chi connectivity index (χ0v) is 24.3. The topological polar surface area (TPSA) is 26.3 Å². The molecule has 228 valence electrons. The highest BCUT2D eigenvalue weighted by molar-refractivity contribution is 7.99. The summed E-state index contributed by atoms with van der Waals surface area (Å²) in [7, 11) is 0. The lowest BCUT2D eigenvalue weighted by Gasteiger charge is -2.21. The number of rotatable bonds is 11. The maximum absolute atomic E-state index is 14.1. The number of carbonyl (C=O) groups is 1. The zero-order valence-electron chi connectivity index (χ0n) is 21.2. The lowest BCUT2D eigenvalue weighted by Crippen LogP contribution is -2.20. The highest BCUT2D eigenvalue weighted by Gasteiger charge is 2.41. The molecular formula is C26H22Cl3F9O2S. The monoisotopic (exact) mass is 674 g/mol. The van der Waals surface area contributed by atoms with Gasteiger partial charge in [0.15, 0.2) is 5.78 Å². The van der Waals surface area contributed by atoms with Crippen LogP contribution >= 0.6 is 46.6 Å². The molecular weight excluding hydrogens is 654 g/mol. The SMILES string of the molecule is CCO/C(=C/C(c1cc(Cl)c(Cl)c(Cl)c1)C(F)(F)F)c1ccc(C(=O)C[C@H](C)CSCC(F)(F)F)c(C(F)(F)F)c1. The molecule has 0 saturated carbocycles. The van der Waals surface area contributed by atoms with Gasteiger partial charge in [0, 0.05) is 17.5 Å². The number of hydrogen-bond donors (Lipinski definition) is 0. The van der Waals surface area contributed by atoms with Crippen molar-refractivity contribution in [2.24, 2.45) is 5.92 Å². The van der Waals surface area contributed by atoms with E-state index in [9.17, 15) is 44.3 Å². The van der Waals surface area contributed by atoms with E-state index in [1.807, 2.05) is 0 Å². The van der Waals surface area contributed by atoms with Crippen LogP contribution in [0.5, 0.6) is 0 Å². The summed E-state index contributed by atoms with van der Waals surface area (Å²) in [5, 5.41) is -0.735. The van der Waals surface area contributed by atoms with E-state index in [-0.39, 0.29) is 27.4 Å². The van der Waals surface area contributed by atoms with Gasteiger partial charge in [0.1, 0.15) is 11.7 Å². The van der Waals surface area contributed by atoms with Crippen molar-refractivity contribution in [3.8, 4) is 0 Å². The van der Waals surface area contributed by atoms with Crippen molar-refractivity contribution in [3.05, 3.63) is 73.7 Å². The van der Waals surface area contributed by atoms with Crippen LogP contribution in [0, 0.1) is 5.92 Å². The third kappa shape index (κ3) is 10.5. The van der Waals surface area contributed by atoms with Gasteiger partial charge in [-0.25, -0.2) is 0 Å². The number of thioether (sulfide) groups is 1. The molecule has 0 amide bonds. The zero-order chi connectivity index (χ0) is 31.3. The van der Waals surface area contributed by atoms with Crippen LogP contribution in [-0.4, -0.2) is 36.2 Å². The fraction of sp³-hybridized carbons (Fsp3) is 0.423. The number of hydrogen-bond acceptors (Lipinski definition) is 3. The van der Waals surface area contributed by atoms with E-state index in [0.717, 1.165) is 24.3 Å². The molecule has 0 aliphatic heterocycles. The van der Waals surface area contributed by atoms with Crippen LogP contribution in [0.3, 0.4) is 0 Å². The standard InChI is InChI=1S/C26H22Cl3F9O2S/c1-3-40-22(10-17(25(33,34)35)15-8-19(27)23(29)20(28)9-15)14-4-5-16(18(7-14)26(36,37)38)21(39)6-13(2)11-41-12-24(30,31)32/h4-5,7-10,13,17H,3,6,11-12H2,1-2H3/b22-10+/t13-,17?/m0/s1. The van der Waals surface area contributed by atoms with E-state index in [4.69, 9.17) is 39.5 Å². The number of alkyl halides is 9. The van der Waals surface area contributed by atoms with E-state index in [1.54, 1.807) is 0 Å². The van der Waals surface area contributed by atoms with Gasteiger partial charge in [-0.05, 0) is 48.4 Å². The predicted molar refractivity (Wildman–Crippen MR) is 143 cm³/mol. The largest absolute Gasteiger partial charge is 0.494 e. The lowest BCUT2D eigenvalue weighted by molar-refractivity contribution is -0.140. The summed E-state index contributed by atoms with van der Waals surface area (Å²) in [5.41, 5.74) is -3.05. The number of ether oxygens (including phenoxy) is 1. The van der Waals surface area contributed by atoms with Gasteiger partial charge >= 0.3 is 18.5 Å². The maximum Gasteiger partial charge on any atom is 0.417 e. The van der Waals surface area contributed by atoms with Crippen molar-refractivity contribution in [2.45, 2.75) is 44.7 Å². The second-order valence-electron chi connectivity index (χ2n) is 8.90. The van der Waals surface area contributed by atoms with Gasteiger partial charge < -0.3 is 4.74 Å². The van der Waals surface area contributed by atoms with Gasteiger partial charge in [-0.3, -0.25) is 4.79 Å². The summed E-state index contributed by atoms with van der Waals surface area (Å²) < 4.78 is 127. The number of halogens is 12. The molecule has 2 aromatic carbocycles. The van der Waals surface area contributed by atoms with Crippen LogP contribution < -0.4 is 0 Å². The summed E-state index contributed by atoms with van der Waals surface area (Å²) in [4.78, 5) is 12.7. The number of benzene rings is 2. The predicted octanol–water partition coefficient (Wildman–Crippen LogP) is 10.9. The van der Waals surface area contributed by atoms with Crippen molar-refractivity contribution in [2.75, 3.05) is 18.1 Å².